The van der Waals surface area contributed by atoms with Crippen LogP contribution in [0, 0.1) is 5.92 Å². The zero-order valence-electron chi connectivity index (χ0n) is 13.6. The number of likely N-dealkylation sites (tertiary alicyclic amines) is 1. The zero-order chi connectivity index (χ0) is 15.6. The van der Waals surface area contributed by atoms with E-state index in [4.69, 9.17) is 9.47 Å². The van der Waals surface area contributed by atoms with Gasteiger partial charge in [0.1, 0.15) is 11.7 Å². The summed E-state index contributed by atoms with van der Waals surface area (Å²) in [6.45, 7) is 6.35. The lowest BCUT2D eigenvalue weighted by molar-refractivity contribution is -0.907. The van der Waals surface area contributed by atoms with Crippen LogP contribution in [0.25, 0.3) is 0 Å². The molecule has 2 atom stereocenters. The smallest absolute Gasteiger partial charge is 0.314 e. The number of benzene rings is 1. The molecule has 0 spiro atoms. The Morgan fingerprint density at radius 1 is 1.27 bits per heavy atom. The molecule has 4 nitrogen and oxygen atoms in total. The third kappa shape index (κ3) is 5.68. The molecule has 1 aliphatic heterocycles. The van der Waals surface area contributed by atoms with Crippen molar-refractivity contribution in [3.05, 3.63) is 30.3 Å². The summed E-state index contributed by atoms with van der Waals surface area (Å²) in [5.74, 6) is 1.03. The highest BCUT2D eigenvalue weighted by atomic mass is 16.5. The van der Waals surface area contributed by atoms with Crippen molar-refractivity contribution in [1.82, 2.24) is 0 Å². The van der Waals surface area contributed by atoms with Crippen molar-refractivity contribution in [3.8, 4) is 5.75 Å². The van der Waals surface area contributed by atoms with Gasteiger partial charge in [0.25, 0.3) is 0 Å². The molecular formula is C18H28NO3+. The summed E-state index contributed by atoms with van der Waals surface area (Å²) in [6, 6.07) is 9.94. The fourth-order valence-corrected chi connectivity index (χ4v) is 3.02. The summed E-state index contributed by atoms with van der Waals surface area (Å²) in [5.41, 5.74) is 0. The first-order chi connectivity index (χ1) is 10.8. The lowest BCUT2D eigenvalue weighted by atomic mass is 9.98. The molecule has 1 heterocycles. The number of piperidine rings is 1. The summed E-state index contributed by atoms with van der Waals surface area (Å²) < 4.78 is 10.9. The van der Waals surface area contributed by atoms with Gasteiger partial charge in [0.15, 0.2) is 0 Å². The van der Waals surface area contributed by atoms with Crippen LogP contribution in [-0.4, -0.2) is 38.8 Å². The number of carbonyl (C=O) groups excluding carboxylic acids is 1. The molecule has 122 valence electrons. The lowest BCUT2D eigenvalue weighted by Gasteiger charge is -2.28. The van der Waals surface area contributed by atoms with Crippen LogP contribution in [0.2, 0.25) is 0 Å². The number of unbranched alkanes of at least 4 members (excludes halogenated alkanes) is 1. The molecular weight excluding hydrogens is 278 g/mol. The monoisotopic (exact) mass is 306 g/mol. The van der Waals surface area contributed by atoms with Crippen molar-refractivity contribution in [2.75, 3.05) is 32.8 Å². The number of carbonyl (C=O) groups is 1. The maximum Gasteiger partial charge on any atom is 0.314 e. The lowest BCUT2D eigenvalue weighted by Crippen LogP contribution is -3.13. The van der Waals surface area contributed by atoms with E-state index in [0.29, 0.717) is 6.61 Å². The average Bonchev–Trinajstić information content (AvgIpc) is 2.56. The Labute approximate surface area is 133 Å². The van der Waals surface area contributed by atoms with Crippen LogP contribution in [-0.2, 0) is 9.53 Å². The topological polar surface area (TPSA) is 40.0 Å². The highest BCUT2D eigenvalue weighted by molar-refractivity contribution is 5.72. The molecule has 1 unspecified atom stereocenters. The number of quaternary nitrogens is 1. The van der Waals surface area contributed by atoms with E-state index in [-0.39, 0.29) is 11.9 Å². The minimum absolute atomic E-state index is 0.00730. The Bertz CT molecular complexity index is 435. The standard InChI is InChI=1S/C18H27NO3/c1-2-21-18(20)16-9-8-13-19(15-16)12-6-7-14-22-17-10-4-3-5-11-17/h3-5,10-11,16H,2,6-9,12-15H2,1H3/p+1/t16-/m1/s1. The fourth-order valence-electron chi connectivity index (χ4n) is 3.02. The Hall–Kier alpha value is -1.55. The van der Waals surface area contributed by atoms with Crippen LogP contribution in [0.15, 0.2) is 30.3 Å². The fraction of sp³-hybridized carbons (Fsp3) is 0.611. The molecule has 0 aliphatic carbocycles. The van der Waals surface area contributed by atoms with E-state index < -0.39 is 0 Å². The van der Waals surface area contributed by atoms with Crippen LogP contribution in [0.3, 0.4) is 0 Å². The van der Waals surface area contributed by atoms with Gasteiger partial charge in [-0.25, -0.2) is 0 Å². The first-order valence-electron chi connectivity index (χ1n) is 8.47. The first-order valence-corrected chi connectivity index (χ1v) is 8.47. The van der Waals surface area contributed by atoms with Crippen LogP contribution < -0.4 is 9.64 Å². The van der Waals surface area contributed by atoms with Gasteiger partial charge < -0.3 is 14.4 Å². The molecule has 0 amide bonds. The quantitative estimate of drug-likeness (QED) is 0.587. The van der Waals surface area contributed by atoms with E-state index in [1.807, 2.05) is 37.3 Å². The summed E-state index contributed by atoms with van der Waals surface area (Å²) >= 11 is 0. The third-order valence-electron chi connectivity index (χ3n) is 4.17. The second-order valence-electron chi connectivity index (χ2n) is 5.91. The molecule has 1 saturated heterocycles. The average molecular weight is 306 g/mol. The van der Waals surface area contributed by atoms with Gasteiger partial charge in [0, 0.05) is 0 Å². The molecule has 0 radical (unpaired) electrons. The van der Waals surface area contributed by atoms with E-state index in [1.165, 1.54) is 11.4 Å². The maximum absolute atomic E-state index is 11.8. The van der Waals surface area contributed by atoms with Crippen molar-refractivity contribution >= 4 is 5.97 Å². The highest BCUT2D eigenvalue weighted by Crippen LogP contribution is 2.10. The van der Waals surface area contributed by atoms with Gasteiger partial charge in [-0.1, -0.05) is 18.2 Å². The number of hydrogen-bond donors (Lipinski definition) is 1. The number of para-hydroxylation sites is 1. The molecule has 1 aromatic rings. The molecule has 0 aromatic heterocycles. The Kier molecular flexibility index (Phi) is 7.23. The van der Waals surface area contributed by atoms with Crippen LogP contribution in [0.5, 0.6) is 5.75 Å². The summed E-state index contributed by atoms with van der Waals surface area (Å²) in [7, 11) is 0. The highest BCUT2D eigenvalue weighted by Gasteiger charge is 2.29. The van der Waals surface area contributed by atoms with Gasteiger partial charge in [-0.2, -0.15) is 0 Å². The molecule has 4 heteroatoms. The normalized spacial score (nSPS) is 21.3. The van der Waals surface area contributed by atoms with Gasteiger partial charge >= 0.3 is 5.97 Å². The zero-order valence-corrected chi connectivity index (χ0v) is 13.6. The van der Waals surface area contributed by atoms with Crippen molar-refractivity contribution < 1.29 is 19.2 Å². The van der Waals surface area contributed by atoms with Gasteiger partial charge in [-0.3, -0.25) is 4.79 Å². The summed E-state index contributed by atoms with van der Waals surface area (Å²) in [5, 5.41) is 0. The molecule has 0 bridgehead atoms. The SMILES string of the molecule is CCOC(=O)[C@@H]1CCC[NH+](CCCCOc2ccccc2)C1. The number of esters is 1. The second-order valence-corrected chi connectivity index (χ2v) is 5.91. The summed E-state index contributed by atoms with van der Waals surface area (Å²) in [4.78, 5) is 13.4. The Morgan fingerprint density at radius 2 is 2.09 bits per heavy atom. The van der Waals surface area contributed by atoms with Gasteiger partial charge in [0.2, 0.25) is 0 Å². The van der Waals surface area contributed by atoms with Crippen molar-refractivity contribution in [1.29, 1.82) is 0 Å². The van der Waals surface area contributed by atoms with Crippen molar-refractivity contribution in [2.24, 2.45) is 5.92 Å². The minimum atomic E-state index is -0.00730. The molecule has 2 rings (SSSR count). The van der Waals surface area contributed by atoms with Crippen LogP contribution in [0.1, 0.15) is 32.6 Å². The molecule has 1 fully saturated rings. The second kappa shape index (κ2) is 9.46. The van der Waals surface area contributed by atoms with E-state index in [0.717, 1.165) is 51.1 Å². The predicted octanol–water partition coefficient (Wildman–Crippen LogP) is 1.70. The van der Waals surface area contributed by atoms with Gasteiger partial charge in [0.05, 0.1) is 32.8 Å². The number of rotatable bonds is 8. The molecule has 1 aromatic carbocycles. The minimum Gasteiger partial charge on any atom is -0.494 e. The molecule has 1 aliphatic rings. The van der Waals surface area contributed by atoms with Crippen molar-refractivity contribution in [3.63, 3.8) is 0 Å². The molecule has 22 heavy (non-hydrogen) atoms. The van der Waals surface area contributed by atoms with E-state index in [9.17, 15) is 4.79 Å². The maximum atomic E-state index is 11.8. The van der Waals surface area contributed by atoms with Gasteiger partial charge in [-0.05, 0) is 44.7 Å². The first kappa shape index (κ1) is 16.8. The molecule has 1 N–H and O–H groups in total. The number of nitrogens with one attached hydrogen (secondary N) is 1. The number of ether oxygens (including phenoxy) is 2. The Balaban J connectivity index is 1.59. The van der Waals surface area contributed by atoms with E-state index >= 15 is 0 Å². The Morgan fingerprint density at radius 3 is 2.86 bits per heavy atom. The largest absolute Gasteiger partial charge is 0.494 e. The number of hydrogen-bond acceptors (Lipinski definition) is 3. The predicted molar refractivity (Wildman–Crippen MR) is 86.1 cm³/mol. The third-order valence-corrected chi connectivity index (χ3v) is 4.17. The van der Waals surface area contributed by atoms with Crippen LogP contribution >= 0.6 is 0 Å². The van der Waals surface area contributed by atoms with E-state index in [1.54, 1.807) is 0 Å². The van der Waals surface area contributed by atoms with Gasteiger partial charge in [-0.15, -0.1) is 0 Å². The van der Waals surface area contributed by atoms with Crippen molar-refractivity contribution in [2.45, 2.75) is 32.6 Å². The van der Waals surface area contributed by atoms with Crippen LogP contribution in [0.4, 0.5) is 0 Å². The molecule has 0 saturated carbocycles. The summed E-state index contributed by atoms with van der Waals surface area (Å²) in [6.07, 6.45) is 4.30. The van der Waals surface area contributed by atoms with E-state index in [2.05, 4.69) is 0 Å².